The van der Waals surface area contributed by atoms with E-state index in [2.05, 4.69) is 5.32 Å². The van der Waals surface area contributed by atoms with E-state index < -0.39 is 11.0 Å². The molecule has 0 aliphatic carbocycles. The number of rotatable bonds is 2. The van der Waals surface area contributed by atoms with Crippen LogP contribution in [-0.4, -0.2) is 30.6 Å². The van der Waals surface area contributed by atoms with Gasteiger partial charge in [-0.2, -0.15) is 0 Å². The Morgan fingerprint density at radius 2 is 1.81 bits per heavy atom. The van der Waals surface area contributed by atoms with Gasteiger partial charge in [-0.3, -0.25) is 9.59 Å². The summed E-state index contributed by atoms with van der Waals surface area (Å²) >= 11 is 0. The molecule has 0 radical (unpaired) electrons. The topological polar surface area (TPSA) is 64.6 Å². The zero-order valence-electron chi connectivity index (χ0n) is 17.1. The number of aryl methyl sites for hydroxylation is 3. The number of carbonyl (C=O) groups is 2. The second-order valence-electron chi connectivity index (χ2n) is 8.81. The highest BCUT2D eigenvalue weighted by atomic mass is 16.5. The van der Waals surface area contributed by atoms with Gasteiger partial charge in [0.15, 0.2) is 0 Å². The Morgan fingerprint density at radius 3 is 2.33 bits per heavy atom. The fourth-order valence-electron chi connectivity index (χ4n) is 3.95. The predicted molar refractivity (Wildman–Crippen MR) is 104 cm³/mol. The molecule has 1 aromatic rings. The van der Waals surface area contributed by atoms with Crippen molar-refractivity contribution in [3.63, 3.8) is 0 Å². The minimum atomic E-state index is -0.769. The third kappa shape index (κ3) is 3.53. The minimum absolute atomic E-state index is 0.202. The summed E-state index contributed by atoms with van der Waals surface area (Å²) in [6, 6.07) is 4.10. The van der Waals surface area contributed by atoms with Gasteiger partial charge >= 0.3 is 5.97 Å². The first-order valence-corrected chi connectivity index (χ1v) is 9.51. The molecule has 146 valence electrons. The lowest BCUT2D eigenvalue weighted by molar-refractivity contribution is -0.150. The van der Waals surface area contributed by atoms with Crippen molar-refractivity contribution in [3.8, 4) is 0 Å². The number of ether oxygens (including phenoxy) is 2. The van der Waals surface area contributed by atoms with E-state index in [0.29, 0.717) is 31.0 Å². The molecule has 0 saturated carbocycles. The van der Waals surface area contributed by atoms with E-state index in [1.54, 1.807) is 0 Å². The molecule has 2 aliphatic heterocycles. The number of carbonyl (C=O) groups excluding carboxylic acids is 2. The molecule has 5 nitrogen and oxygen atoms in total. The van der Waals surface area contributed by atoms with E-state index in [-0.39, 0.29) is 11.9 Å². The summed E-state index contributed by atoms with van der Waals surface area (Å²) < 4.78 is 11.6. The van der Waals surface area contributed by atoms with Crippen LogP contribution >= 0.6 is 0 Å². The van der Waals surface area contributed by atoms with E-state index >= 15 is 0 Å². The van der Waals surface area contributed by atoms with Gasteiger partial charge in [0.2, 0.25) is 0 Å². The monoisotopic (exact) mass is 371 g/mol. The summed E-state index contributed by atoms with van der Waals surface area (Å²) in [6.45, 7) is 12.4. The molecule has 5 heteroatoms. The molecule has 1 N–H and O–H groups in total. The molecule has 0 aromatic heterocycles. The van der Waals surface area contributed by atoms with E-state index in [0.717, 1.165) is 28.7 Å². The van der Waals surface area contributed by atoms with Crippen molar-refractivity contribution in [3.05, 3.63) is 40.1 Å². The smallest absolute Gasteiger partial charge is 0.316 e. The molecule has 1 fully saturated rings. The SMILES string of the molecule is Cc1cc(C)c(C2=C(OC(=O)C(C)(C)C)C3(CCCOC3)NC2=O)c(C)c1. The average Bonchev–Trinajstić information content (AvgIpc) is 2.79. The lowest BCUT2D eigenvalue weighted by Crippen LogP contribution is -2.51. The number of hydrogen-bond acceptors (Lipinski definition) is 4. The van der Waals surface area contributed by atoms with Crippen LogP contribution in [0.2, 0.25) is 0 Å². The van der Waals surface area contributed by atoms with E-state index in [9.17, 15) is 9.59 Å². The maximum absolute atomic E-state index is 13.1. The van der Waals surface area contributed by atoms with Gasteiger partial charge in [-0.05, 0) is 71.1 Å². The van der Waals surface area contributed by atoms with Crippen LogP contribution < -0.4 is 5.32 Å². The molecular weight excluding hydrogens is 342 g/mol. The van der Waals surface area contributed by atoms with Crippen molar-refractivity contribution in [1.29, 1.82) is 0 Å². The average molecular weight is 371 g/mol. The zero-order valence-corrected chi connectivity index (χ0v) is 17.1. The highest BCUT2D eigenvalue weighted by Crippen LogP contribution is 2.42. The van der Waals surface area contributed by atoms with Crippen LogP contribution in [0.4, 0.5) is 0 Å². The van der Waals surface area contributed by atoms with Crippen molar-refractivity contribution in [2.24, 2.45) is 5.41 Å². The Kier molecular flexibility index (Phi) is 4.93. The molecule has 0 bridgehead atoms. The summed E-state index contributed by atoms with van der Waals surface area (Å²) in [5.74, 6) is -0.131. The van der Waals surface area contributed by atoms with Crippen molar-refractivity contribution in [2.45, 2.75) is 59.9 Å². The van der Waals surface area contributed by atoms with Gasteiger partial charge < -0.3 is 14.8 Å². The van der Waals surface area contributed by atoms with Crippen LogP contribution in [0.3, 0.4) is 0 Å². The number of esters is 1. The zero-order chi connectivity index (χ0) is 20.0. The van der Waals surface area contributed by atoms with Crippen LogP contribution in [0.5, 0.6) is 0 Å². The number of nitrogens with one attached hydrogen (secondary N) is 1. The second-order valence-corrected chi connectivity index (χ2v) is 8.81. The summed E-state index contributed by atoms with van der Waals surface area (Å²) in [7, 11) is 0. The Morgan fingerprint density at radius 1 is 1.19 bits per heavy atom. The van der Waals surface area contributed by atoms with E-state index in [4.69, 9.17) is 9.47 Å². The van der Waals surface area contributed by atoms with Crippen molar-refractivity contribution in [1.82, 2.24) is 5.32 Å². The van der Waals surface area contributed by atoms with Gasteiger partial charge in [-0.25, -0.2) is 0 Å². The number of hydrogen-bond donors (Lipinski definition) is 1. The Bertz CT molecular complexity index is 800. The number of benzene rings is 1. The summed E-state index contributed by atoms with van der Waals surface area (Å²) in [5.41, 5.74) is 3.00. The summed E-state index contributed by atoms with van der Waals surface area (Å²) in [4.78, 5) is 25.8. The number of amides is 1. The molecule has 1 aromatic carbocycles. The van der Waals surface area contributed by atoms with Crippen molar-refractivity contribution >= 4 is 17.4 Å². The fourth-order valence-corrected chi connectivity index (χ4v) is 3.95. The van der Waals surface area contributed by atoms with E-state index in [1.165, 1.54) is 0 Å². The lowest BCUT2D eigenvalue weighted by Gasteiger charge is -2.35. The molecule has 27 heavy (non-hydrogen) atoms. The third-order valence-electron chi connectivity index (χ3n) is 5.22. The highest BCUT2D eigenvalue weighted by molar-refractivity contribution is 6.24. The molecular formula is C22H29NO4. The van der Waals surface area contributed by atoms with Gasteiger partial charge in [0, 0.05) is 6.61 Å². The Balaban J connectivity index is 2.21. The maximum Gasteiger partial charge on any atom is 0.316 e. The first kappa shape index (κ1) is 19.6. The lowest BCUT2D eigenvalue weighted by atomic mass is 9.87. The first-order chi connectivity index (χ1) is 12.5. The molecule has 2 heterocycles. The molecule has 3 rings (SSSR count). The van der Waals surface area contributed by atoms with Gasteiger partial charge in [0.05, 0.1) is 17.6 Å². The largest absolute Gasteiger partial charge is 0.427 e. The molecule has 1 saturated heterocycles. The van der Waals surface area contributed by atoms with Crippen LogP contribution in [0.15, 0.2) is 17.9 Å². The van der Waals surface area contributed by atoms with Gasteiger partial charge in [0.1, 0.15) is 11.3 Å². The van der Waals surface area contributed by atoms with E-state index in [1.807, 2.05) is 53.7 Å². The third-order valence-corrected chi connectivity index (χ3v) is 5.22. The van der Waals surface area contributed by atoms with Crippen LogP contribution in [0.1, 0.15) is 55.9 Å². The predicted octanol–water partition coefficient (Wildman–Crippen LogP) is 3.59. The summed E-state index contributed by atoms with van der Waals surface area (Å²) in [5, 5.41) is 3.08. The quantitative estimate of drug-likeness (QED) is 0.807. The molecule has 2 aliphatic rings. The van der Waals surface area contributed by atoms with Gasteiger partial charge in [0.25, 0.3) is 5.91 Å². The normalized spacial score (nSPS) is 23.0. The van der Waals surface area contributed by atoms with Gasteiger partial charge in [-0.1, -0.05) is 17.7 Å². The first-order valence-electron chi connectivity index (χ1n) is 9.51. The maximum atomic E-state index is 13.1. The van der Waals surface area contributed by atoms with Crippen molar-refractivity contribution in [2.75, 3.05) is 13.2 Å². The minimum Gasteiger partial charge on any atom is -0.427 e. The molecule has 1 unspecified atom stereocenters. The van der Waals surface area contributed by atoms with Crippen LogP contribution in [0, 0.1) is 26.2 Å². The summed E-state index contributed by atoms with van der Waals surface area (Å²) in [6.07, 6.45) is 1.49. The van der Waals surface area contributed by atoms with Crippen LogP contribution in [-0.2, 0) is 19.1 Å². The molecule has 1 amide bonds. The Labute approximate surface area is 161 Å². The van der Waals surface area contributed by atoms with Crippen LogP contribution in [0.25, 0.3) is 5.57 Å². The molecule has 1 atom stereocenters. The standard InChI is InChI=1S/C22H29NO4/c1-13-10-14(2)16(15(3)11-13)17-18(27-20(25)21(4,5)6)22(23-19(17)24)8-7-9-26-12-22/h10-11H,7-9,12H2,1-6H3,(H,23,24). The van der Waals surface area contributed by atoms with Crippen molar-refractivity contribution < 1.29 is 19.1 Å². The fraction of sp³-hybridized carbons (Fsp3) is 0.545. The highest BCUT2D eigenvalue weighted by Gasteiger charge is 2.50. The second kappa shape index (κ2) is 6.79. The van der Waals surface area contributed by atoms with Gasteiger partial charge in [-0.15, -0.1) is 0 Å². The Hall–Kier alpha value is -2.14. The molecule has 1 spiro atoms.